The van der Waals surface area contributed by atoms with E-state index in [0.717, 1.165) is 5.56 Å². The van der Waals surface area contributed by atoms with Crippen molar-refractivity contribution in [1.82, 2.24) is 4.98 Å². The number of halogens is 1. The number of hydrogen-bond acceptors (Lipinski definition) is 3. The molecule has 0 amide bonds. The van der Waals surface area contributed by atoms with Crippen LogP contribution < -0.4 is 0 Å². The van der Waals surface area contributed by atoms with E-state index in [1.165, 1.54) is 29.7 Å². The largest absolute Gasteiger partial charge is 0.288 e. The number of aryl methyl sites for hydroxylation is 1. The quantitative estimate of drug-likeness (QED) is 0.730. The van der Waals surface area contributed by atoms with E-state index in [1.54, 1.807) is 18.5 Å². The summed E-state index contributed by atoms with van der Waals surface area (Å²) < 4.78 is 13.1. The predicted molar refractivity (Wildman–Crippen MR) is 56.7 cm³/mol. The lowest BCUT2D eigenvalue weighted by Gasteiger charge is -2.00. The second-order valence-electron chi connectivity index (χ2n) is 3.21. The fourth-order valence-electron chi connectivity index (χ4n) is 1.34. The third-order valence-electron chi connectivity index (χ3n) is 1.96. The van der Waals surface area contributed by atoms with E-state index >= 15 is 0 Å². The molecule has 2 nitrogen and oxygen atoms in total. The lowest BCUT2D eigenvalue weighted by atomic mass is 10.1. The Morgan fingerprint density at radius 2 is 2.20 bits per heavy atom. The Morgan fingerprint density at radius 1 is 1.40 bits per heavy atom. The average Bonchev–Trinajstić information content (AvgIpc) is 2.67. The van der Waals surface area contributed by atoms with Gasteiger partial charge < -0.3 is 0 Å². The van der Waals surface area contributed by atoms with Crippen LogP contribution in [-0.4, -0.2) is 10.8 Å². The molecule has 1 aromatic carbocycles. The molecule has 0 unspecified atom stereocenters. The van der Waals surface area contributed by atoms with Gasteiger partial charge in [0.1, 0.15) is 5.82 Å². The minimum absolute atomic E-state index is 0.180. The van der Waals surface area contributed by atoms with Gasteiger partial charge in [-0.3, -0.25) is 9.78 Å². The molecule has 0 atom stereocenters. The van der Waals surface area contributed by atoms with Crippen molar-refractivity contribution in [2.45, 2.75) is 6.92 Å². The third kappa shape index (κ3) is 2.10. The van der Waals surface area contributed by atoms with Crippen LogP contribution in [0.3, 0.4) is 0 Å². The van der Waals surface area contributed by atoms with E-state index in [4.69, 9.17) is 0 Å². The standard InChI is InChI=1S/C11H8FNOS/c1-7-2-8(4-9(12)3-7)11(14)10-5-13-6-15-10/h2-6H,1H3. The molecule has 0 aliphatic carbocycles. The molecule has 1 aromatic heterocycles. The topological polar surface area (TPSA) is 30.0 Å². The Hall–Kier alpha value is -1.55. The smallest absolute Gasteiger partial charge is 0.204 e. The van der Waals surface area contributed by atoms with Crippen molar-refractivity contribution in [2.24, 2.45) is 0 Å². The lowest BCUT2D eigenvalue weighted by Crippen LogP contribution is -1.99. The first kappa shape index (κ1) is 9.98. The third-order valence-corrected chi connectivity index (χ3v) is 2.73. The molecule has 0 N–H and O–H groups in total. The van der Waals surface area contributed by atoms with E-state index in [0.29, 0.717) is 10.4 Å². The maximum atomic E-state index is 13.1. The first-order chi connectivity index (χ1) is 7.16. The zero-order valence-corrected chi connectivity index (χ0v) is 8.84. The second-order valence-corrected chi connectivity index (χ2v) is 4.10. The van der Waals surface area contributed by atoms with Crippen LogP contribution in [0.25, 0.3) is 0 Å². The van der Waals surface area contributed by atoms with Gasteiger partial charge in [-0.1, -0.05) is 0 Å². The highest BCUT2D eigenvalue weighted by molar-refractivity contribution is 7.11. The molecule has 1 heterocycles. The van der Waals surface area contributed by atoms with E-state index in [9.17, 15) is 9.18 Å². The monoisotopic (exact) mass is 221 g/mol. The van der Waals surface area contributed by atoms with Crippen LogP contribution in [0.1, 0.15) is 20.8 Å². The van der Waals surface area contributed by atoms with Crippen molar-refractivity contribution >= 4 is 17.1 Å². The van der Waals surface area contributed by atoms with Gasteiger partial charge in [-0.2, -0.15) is 0 Å². The lowest BCUT2D eigenvalue weighted by molar-refractivity contribution is 0.104. The van der Waals surface area contributed by atoms with E-state index in [-0.39, 0.29) is 11.6 Å². The van der Waals surface area contributed by atoms with Crippen LogP contribution in [0, 0.1) is 12.7 Å². The number of ketones is 1. The van der Waals surface area contributed by atoms with E-state index < -0.39 is 0 Å². The van der Waals surface area contributed by atoms with Crippen LogP contribution >= 0.6 is 11.3 Å². The van der Waals surface area contributed by atoms with Crippen molar-refractivity contribution < 1.29 is 9.18 Å². The highest BCUT2D eigenvalue weighted by atomic mass is 32.1. The molecular weight excluding hydrogens is 213 g/mol. The Labute approximate surface area is 90.4 Å². The van der Waals surface area contributed by atoms with Gasteiger partial charge in [-0.05, 0) is 30.7 Å². The van der Waals surface area contributed by atoms with E-state index in [1.807, 2.05) is 0 Å². The Balaban J connectivity index is 2.42. The van der Waals surface area contributed by atoms with Gasteiger partial charge in [-0.25, -0.2) is 4.39 Å². The molecule has 0 spiro atoms. The maximum absolute atomic E-state index is 13.1. The van der Waals surface area contributed by atoms with Crippen LogP contribution in [0.4, 0.5) is 4.39 Å². The highest BCUT2D eigenvalue weighted by Crippen LogP contribution is 2.15. The van der Waals surface area contributed by atoms with Crippen molar-refractivity contribution in [1.29, 1.82) is 0 Å². The van der Waals surface area contributed by atoms with Crippen LogP contribution in [0.5, 0.6) is 0 Å². The summed E-state index contributed by atoms with van der Waals surface area (Å²) in [7, 11) is 0. The molecule has 2 rings (SSSR count). The normalized spacial score (nSPS) is 10.3. The molecule has 4 heteroatoms. The van der Waals surface area contributed by atoms with Gasteiger partial charge >= 0.3 is 0 Å². The van der Waals surface area contributed by atoms with E-state index in [2.05, 4.69) is 4.98 Å². The molecule has 0 bridgehead atoms. The molecule has 0 aliphatic heterocycles. The zero-order valence-electron chi connectivity index (χ0n) is 8.03. The number of thiazole rings is 1. The molecule has 0 saturated carbocycles. The van der Waals surface area contributed by atoms with Gasteiger partial charge in [0.25, 0.3) is 0 Å². The molecule has 2 aromatic rings. The minimum atomic E-state index is -0.386. The number of benzene rings is 1. The zero-order chi connectivity index (χ0) is 10.8. The second kappa shape index (κ2) is 3.90. The van der Waals surface area contributed by atoms with Crippen LogP contribution in [-0.2, 0) is 0 Å². The molecule has 0 fully saturated rings. The summed E-state index contributed by atoms with van der Waals surface area (Å²) in [6.07, 6.45) is 1.49. The number of hydrogen-bond donors (Lipinski definition) is 0. The first-order valence-corrected chi connectivity index (χ1v) is 5.25. The maximum Gasteiger partial charge on any atom is 0.204 e. The molecule has 15 heavy (non-hydrogen) atoms. The average molecular weight is 221 g/mol. The first-order valence-electron chi connectivity index (χ1n) is 4.37. The Kier molecular flexibility index (Phi) is 2.60. The van der Waals surface area contributed by atoms with Gasteiger partial charge in [0.05, 0.1) is 10.4 Å². The van der Waals surface area contributed by atoms with Gasteiger partial charge in [0, 0.05) is 11.8 Å². The fraction of sp³-hybridized carbons (Fsp3) is 0.0909. The number of aromatic nitrogens is 1. The van der Waals surface area contributed by atoms with Crippen molar-refractivity contribution in [3.05, 3.63) is 51.7 Å². The summed E-state index contributed by atoms with van der Waals surface area (Å²) in [6.45, 7) is 1.76. The predicted octanol–water partition coefficient (Wildman–Crippen LogP) is 2.82. The minimum Gasteiger partial charge on any atom is -0.288 e. The SMILES string of the molecule is Cc1cc(F)cc(C(=O)c2cncs2)c1. The molecule has 0 saturated heterocycles. The molecule has 76 valence electrons. The Morgan fingerprint density at radius 3 is 2.80 bits per heavy atom. The summed E-state index contributed by atoms with van der Waals surface area (Å²) >= 11 is 1.25. The van der Waals surface area contributed by atoms with Gasteiger partial charge in [-0.15, -0.1) is 11.3 Å². The Bertz CT molecular complexity index is 473. The van der Waals surface area contributed by atoms with Crippen molar-refractivity contribution in [2.75, 3.05) is 0 Å². The van der Waals surface area contributed by atoms with Crippen LogP contribution in [0.15, 0.2) is 29.9 Å². The number of rotatable bonds is 2. The number of carbonyl (C=O) groups is 1. The summed E-state index contributed by atoms with van der Waals surface area (Å²) in [5.41, 5.74) is 2.69. The number of carbonyl (C=O) groups excluding carboxylic acids is 1. The summed E-state index contributed by atoms with van der Waals surface area (Å²) in [4.78, 5) is 16.2. The van der Waals surface area contributed by atoms with Gasteiger partial charge in [0.2, 0.25) is 5.78 Å². The fourth-order valence-corrected chi connectivity index (χ4v) is 1.92. The van der Waals surface area contributed by atoms with Crippen molar-refractivity contribution in [3.8, 4) is 0 Å². The molecule has 0 radical (unpaired) electrons. The highest BCUT2D eigenvalue weighted by Gasteiger charge is 2.11. The van der Waals surface area contributed by atoms with Crippen LogP contribution in [0.2, 0.25) is 0 Å². The number of nitrogens with zero attached hydrogens (tertiary/aromatic N) is 1. The summed E-state index contributed by atoms with van der Waals surface area (Å²) in [5.74, 6) is -0.567. The summed E-state index contributed by atoms with van der Waals surface area (Å²) in [5, 5.41) is 0. The molecule has 0 aliphatic rings. The summed E-state index contributed by atoms with van der Waals surface area (Å²) in [6, 6.07) is 4.31. The van der Waals surface area contributed by atoms with Crippen molar-refractivity contribution in [3.63, 3.8) is 0 Å². The molecular formula is C11H8FNOS. The van der Waals surface area contributed by atoms with Gasteiger partial charge in [0.15, 0.2) is 0 Å².